The predicted octanol–water partition coefficient (Wildman–Crippen LogP) is 2.65. The molecule has 2 aromatic rings. The molecular weight excluding hydrogens is 256 g/mol. The van der Waals surface area contributed by atoms with Gasteiger partial charge in [-0.2, -0.15) is 0 Å². The lowest BCUT2D eigenvalue weighted by atomic mass is 10.1. The maximum atomic E-state index is 12.1. The zero-order valence-electron chi connectivity index (χ0n) is 11.2. The molecule has 0 unspecified atom stereocenters. The van der Waals surface area contributed by atoms with E-state index < -0.39 is 5.97 Å². The Balaban J connectivity index is 2.33. The summed E-state index contributed by atoms with van der Waals surface area (Å²) in [7, 11) is 0. The van der Waals surface area contributed by atoms with E-state index in [1.165, 1.54) is 0 Å². The molecule has 0 aliphatic carbocycles. The predicted molar refractivity (Wildman–Crippen MR) is 75.1 cm³/mol. The van der Waals surface area contributed by atoms with Crippen molar-refractivity contribution in [2.24, 2.45) is 0 Å². The molecule has 1 amide bonds. The van der Waals surface area contributed by atoms with Crippen LogP contribution < -0.4 is 5.32 Å². The molecule has 0 aliphatic rings. The molecule has 5 nitrogen and oxygen atoms in total. The van der Waals surface area contributed by atoms with Crippen molar-refractivity contribution in [1.29, 1.82) is 0 Å². The second-order valence-electron chi connectivity index (χ2n) is 4.44. The molecule has 5 heteroatoms. The van der Waals surface area contributed by atoms with Gasteiger partial charge in [-0.25, -0.2) is 4.79 Å². The number of anilines is 1. The van der Waals surface area contributed by atoms with Gasteiger partial charge in [0.05, 0.1) is 11.3 Å². The molecule has 0 saturated carbocycles. The number of nitrogens with one attached hydrogen (secondary N) is 1. The van der Waals surface area contributed by atoms with E-state index in [0.29, 0.717) is 11.1 Å². The first-order valence-electron chi connectivity index (χ1n) is 6.06. The minimum atomic E-state index is -1.07. The van der Waals surface area contributed by atoms with E-state index in [2.05, 4.69) is 10.3 Å². The average Bonchev–Trinajstić information content (AvgIpc) is 2.38. The second-order valence-corrected chi connectivity index (χ2v) is 4.44. The number of hydrogen-bond acceptors (Lipinski definition) is 3. The highest BCUT2D eigenvalue weighted by atomic mass is 16.4. The molecule has 1 aromatic carbocycles. The Hall–Kier alpha value is -2.69. The minimum absolute atomic E-state index is 0.103. The molecule has 2 N–H and O–H groups in total. The molecule has 102 valence electrons. The van der Waals surface area contributed by atoms with Gasteiger partial charge in [0, 0.05) is 17.5 Å². The number of nitrogens with zero attached hydrogens (tertiary/aromatic N) is 1. The van der Waals surface area contributed by atoms with Gasteiger partial charge in [0.2, 0.25) is 0 Å². The van der Waals surface area contributed by atoms with Crippen LogP contribution in [-0.4, -0.2) is 22.0 Å². The molecule has 1 heterocycles. The number of rotatable bonds is 3. The number of carbonyl (C=O) groups excluding carboxylic acids is 1. The molecule has 0 fully saturated rings. The van der Waals surface area contributed by atoms with Crippen molar-refractivity contribution in [2.45, 2.75) is 13.8 Å². The quantitative estimate of drug-likeness (QED) is 0.898. The van der Waals surface area contributed by atoms with Crippen LogP contribution in [0.3, 0.4) is 0 Å². The lowest BCUT2D eigenvalue weighted by Crippen LogP contribution is -2.15. The third kappa shape index (κ3) is 2.83. The van der Waals surface area contributed by atoms with Crippen LogP contribution in [0.15, 0.2) is 36.5 Å². The van der Waals surface area contributed by atoms with Crippen molar-refractivity contribution < 1.29 is 14.7 Å². The van der Waals surface area contributed by atoms with Crippen molar-refractivity contribution in [1.82, 2.24) is 4.98 Å². The standard InChI is InChI=1S/C15H14N2O3/c1-9-4-3-5-12(13(9)15(19)20)17-14(18)11-6-7-16-10(2)8-11/h3-8H,1-2H3,(H,17,18)(H,19,20). The highest BCUT2D eigenvalue weighted by molar-refractivity contribution is 6.08. The number of benzene rings is 1. The Morgan fingerprint density at radius 2 is 1.95 bits per heavy atom. The fourth-order valence-corrected chi connectivity index (χ4v) is 1.94. The van der Waals surface area contributed by atoms with Crippen LogP contribution in [0.5, 0.6) is 0 Å². The van der Waals surface area contributed by atoms with Crippen LogP contribution in [0.2, 0.25) is 0 Å². The van der Waals surface area contributed by atoms with Crippen LogP contribution >= 0.6 is 0 Å². The first-order valence-corrected chi connectivity index (χ1v) is 6.06. The van der Waals surface area contributed by atoms with E-state index >= 15 is 0 Å². The molecule has 0 radical (unpaired) electrons. The number of carboxylic acid groups (broad SMARTS) is 1. The zero-order chi connectivity index (χ0) is 14.7. The number of carboxylic acids is 1. The molecule has 0 atom stereocenters. The fraction of sp³-hybridized carbons (Fsp3) is 0.133. The molecule has 0 spiro atoms. The van der Waals surface area contributed by atoms with Crippen LogP contribution in [0.4, 0.5) is 5.69 Å². The van der Waals surface area contributed by atoms with E-state index in [-0.39, 0.29) is 17.2 Å². The Labute approximate surface area is 116 Å². The Kier molecular flexibility index (Phi) is 3.79. The van der Waals surface area contributed by atoms with Gasteiger partial charge in [0.25, 0.3) is 5.91 Å². The van der Waals surface area contributed by atoms with Crippen molar-refractivity contribution in [3.05, 3.63) is 58.9 Å². The van der Waals surface area contributed by atoms with Gasteiger partial charge < -0.3 is 10.4 Å². The number of aryl methyl sites for hydroxylation is 2. The average molecular weight is 270 g/mol. The van der Waals surface area contributed by atoms with Crippen molar-refractivity contribution >= 4 is 17.6 Å². The number of hydrogen-bond donors (Lipinski definition) is 2. The summed E-state index contributed by atoms with van der Waals surface area (Å²) in [5, 5.41) is 11.8. The van der Waals surface area contributed by atoms with E-state index in [4.69, 9.17) is 0 Å². The Morgan fingerprint density at radius 3 is 2.60 bits per heavy atom. The number of pyridine rings is 1. The topological polar surface area (TPSA) is 79.3 Å². The Bertz CT molecular complexity index is 681. The number of carbonyl (C=O) groups is 2. The van der Waals surface area contributed by atoms with Crippen LogP contribution in [0.1, 0.15) is 32.0 Å². The van der Waals surface area contributed by atoms with E-state index in [1.54, 1.807) is 50.4 Å². The number of amides is 1. The highest BCUT2D eigenvalue weighted by Gasteiger charge is 2.15. The van der Waals surface area contributed by atoms with Gasteiger partial charge in [-0.15, -0.1) is 0 Å². The SMILES string of the molecule is Cc1cc(C(=O)Nc2cccc(C)c2C(=O)O)ccn1. The van der Waals surface area contributed by atoms with E-state index in [1.807, 2.05) is 0 Å². The molecule has 1 aromatic heterocycles. The molecule has 0 bridgehead atoms. The summed E-state index contributed by atoms with van der Waals surface area (Å²) in [6.45, 7) is 3.47. The summed E-state index contributed by atoms with van der Waals surface area (Å²) in [6, 6.07) is 8.19. The smallest absolute Gasteiger partial charge is 0.338 e. The van der Waals surface area contributed by atoms with Crippen molar-refractivity contribution in [2.75, 3.05) is 5.32 Å². The number of aromatic nitrogens is 1. The Morgan fingerprint density at radius 1 is 1.20 bits per heavy atom. The van der Waals surface area contributed by atoms with E-state index in [0.717, 1.165) is 5.69 Å². The maximum Gasteiger partial charge on any atom is 0.338 e. The first-order chi connectivity index (χ1) is 9.49. The van der Waals surface area contributed by atoms with Crippen molar-refractivity contribution in [3.8, 4) is 0 Å². The van der Waals surface area contributed by atoms with Gasteiger partial charge in [-0.3, -0.25) is 9.78 Å². The van der Waals surface area contributed by atoms with Crippen LogP contribution in [0, 0.1) is 13.8 Å². The third-order valence-electron chi connectivity index (χ3n) is 2.89. The van der Waals surface area contributed by atoms with Crippen molar-refractivity contribution in [3.63, 3.8) is 0 Å². The number of aromatic carboxylic acids is 1. The minimum Gasteiger partial charge on any atom is -0.478 e. The highest BCUT2D eigenvalue weighted by Crippen LogP contribution is 2.20. The molecule has 2 rings (SSSR count). The molecule has 0 aliphatic heterocycles. The summed E-state index contributed by atoms with van der Waals surface area (Å²) in [4.78, 5) is 27.4. The zero-order valence-corrected chi connectivity index (χ0v) is 11.2. The molecule has 0 saturated heterocycles. The summed E-state index contributed by atoms with van der Waals surface area (Å²) in [5.41, 5.74) is 2.15. The van der Waals surface area contributed by atoms with Crippen LogP contribution in [0.25, 0.3) is 0 Å². The summed E-state index contributed by atoms with van der Waals surface area (Å²) >= 11 is 0. The van der Waals surface area contributed by atoms with Gasteiger partial charge in [0.1, 0.15) is 0 Å². The first kappa shape index (κ1) is 13.7. The van der Waals surface area contributed by atoms with Gasteiger partial charge in [-0.1, -0.05) is 12.1 Å². The lowest BCUT2D eigenvalue weighted by molar-refractivity contribution is 0.0697. The van der Waals surface area contributed by atoms with E-state index in [9.17, 15) is 14.7 Å². The normalized spacial score (nSPS) is 10.1. The molecular formula is C15H14N2O3. The summed E-state index contributed by atoms with van der Waals surface area (Å²) in [5.74, 6) is -1.42. The third-order valence-corrected chi connectivity index (χ3v) is 2.89. The largest absolute Gasteiger partial charge is 0.478 e. The second kappa shape index (κ2) is 5.52. The molecule has 20 heavy (non-hydrogen) atoms. The fourth-order valence-electron chi connectivity index (χ4n) is 1.94. The summed E-state index contributed by atoms with van der Waals surface area (Å²) in [6.07, 6.45) is 1.54. The van der Waals surface area contributed by atoms with Gasteiger partial charge in [-0.05, 0) is 37.6 Å². The summed E-state index contributed by atoms with van der Waals surface area (Å²) < 4.78 is 0. The maximum absolute atomic E-state index is 12.1. The monoisotopic (exact) mass is 270 g/mol. The van der Waals surface area contributed by atoms with Gasteiger partial charge in [0.15, 0.2) is 0 Å². The lowest BCUT2D eigenvalue weighted by Gasteiger charge is -2.10. The van der Waals surface area contributed by atoms with Gasteiger partial charge >= 0.3 is 5.97 Å². The van der Waals surface area contributed by atoms with Crippen LogP contribution in [-0.2, 0) is 0 Å².